The summed E-state index contributed by atoms with van der Waals surface area (Å²) in [5, 5.41) is 10.9. The number of para-hydroxylation sites is 1. The molecule has 0 saturated heterocycles. The van der Waals surface area contributed by atoms with Crippen LogP contribution in [0.4, 0.5) is 13.2 Å². The predicted octanol–water partition coefficient (Wildman–Crippen LogP) is 5.91. The first-order valence-corrected chi connectivity index (χ1v) is 10.1. The zero-order valence-electron chi connectivity index (χ0n) is 16.3. The van der Waals surface area contributed by atoms with Gasteiger partial charge < -0.3 is 9.84 Å². The first-order chi connectivity index (χ1) is 14.6. The van der Waals surface area contributed by atoms with Crippen molar-refractivity contribution in [3.63, 3.8) is 0 Å². The molecule has 0 aliphatic heterocycles. The molecule has 3 aromatic rings. The lowest BCUT2D eigenvalue weighted by Crippen LogP contribution is -2.10. The Kier molecular flexibility index (Phi) is 6.64. The number of halogens is 4. The molecule has 0 aliphatic carbocycles. The first-order valence-electron chi connectivity index (χ1n) is 9.31. The molecule has 31 heavy (non-hydrogen) atoms. The van der Waals surface area contributed by atoms with E-state index in [2.05, 4.69) is 20.9 Å². The van der Waals surface area contributed by atoms with Gasteiger partial charge in [0.2, 0.25) is 0 Å². The number of ketones is 1. The molecule has 0 unspecified atom stereocenters. The Morgan fingerprint density at radius 3 is 2.52 bits per heavy atom. The van der Waals surface area contributed by atoms with Crippen LogP contribution in [0.5, 0.6) is 5.75 Å². The van der Waals surface area contributed by atoms with Crippen LogP contribution in [0.3, 0.4) is 0 Å². The molecule has 0 spiro atoms. The quantitative estimate of drug-likeness (QED) is 0.339. The van der Waals surface area contributed by atoms with Crippen LogP contribution in [0.2, 0.25) is 0 Å². The Morgan fingerprint density at radius 2 is 1.84 bits per heavy atom. The van der Waals surface area contributed by atoms with Crippen LogP contribution in [0.1, 0.15) is 35.8 Å². The van der Waals surface area contributed by atoms with Crippen LogP contribution in [0.15, 0.2) is 46.9 Å². The molecule has 0 amide bonds. The Bertz CT molecular complexity index is 1160. The van der Waals surface area contributed by atoms with Crippen molar-refractivity contribution < 1.29 is 32.6 Å². The number of carbonyl (C=O) groups excluding carboxylic acids is 2. The Balaban J connectivity index is 2.10. The summed E-state index contributed by atoms with van der Waals surface area (Å²) in [4.78, 5) is 28.4. The number of aromatic hydroxyl groups is 1. The lowest BCUT2D eigenvalue weighted by Gasteiger charge is -2.13. The summed E-state index contributed by atoms with van der Waals surface area (Å²) in [7, 11) is 0. The van der Waals surface area contributed by atoms with Gasteiger partial charge in [0, 0.05) is 17.4 Å². The number of carbonyl (C=O) groups is 2. The molecule has 0 aliphatic rings. The molecule has 5 nitrogen and oxygen atoms in total. The van der Waals surface area contributed by atoms with Crippen LogP contribution in [0.25, 0.3) is 22.0 Å². The molecule has 0 saturated carbocycles. The van der Waals surface area contributed by atoms with Gasteiger partial charge >= 0.3 is 12.1 Å². The van der Waals surface area contributed by atoms with Crippen molar-refractivity contribution in [2.24, 2.45) is 0 Å². The molecular weight excluding hydrogens is 479 g/mol. The molecule has 0 bridgehead atoms. The number of alkyl halides is 3. The fourth-order valence-corrected chi connectivity index (χ4v) is 3.60. The van der Waals surface area contributed by atoms with E-state index < -0.39 is 29.2 Å². The lowest BCUT2D eigenvalue weighted by molar-refractivity contribution is -0.143. The summed E-state index contributed by atoms with van der Waals surface area (Å²) in [6.45, 7) is 1.82. The van der Waals surface area contributed by atoms with Gasteiger partial charge in [-0.1, -0.05) is 30.3 Å². The standard InChI is InChI=1S/C22H17BrF3NO4/c1-2-31-17(29)10-9-16(28)20-21(30)18(23)15-8-4-7-14(19(15)27-20)12-5-3-6-13(11-12)22(24,25)26/h3-8,11,30H,2,9-10H2,1H3. The molecule has 1 N–H and O–H groups in total. The SMILES string of the molecule is CCOC(=O)CCC(=O)c1nc2c(-c3cccc(C(F)(F)F)c3)cccc2c(Br)c1O. The number of rotatable bonds is 6. The van der Waals surface area contributed by atoms with E-state index in [0.717, 1.165) is 12.1 Å². The lowest BCUT2D eigenvalue weighted by atomic mass is 9.99. The normalized spacial score (nSPS) is 11.5. The Hall–Kier alpha value is -2.94. The van der Waals surface area contributed by atoms with E-state index in [9.17, 15) is 27.9 Å². The highest BCUT2D eigenvalue weighted by Crippen LogP contribution is 2.39. The fourth-order valence-electron chi connectivity index (χ4n) is 3.09. The minimum atomic E-state index is -4.51. The van der Waals surface area contributed by atoms with Crippen molar-refractivity contribution >= 4 is 38.6 Å². The molecule has 0 fully saturated rings. The first kappa shape index (κ1) is 22.7. The van der Waals surface area contributed by atoms with E-state index in [1.165, 1.54) is 12.1 Å². The van der Waals surface area contributed by atoms with Gasteiger partial charge in [-0.05, 0) is 40.5 Å². The number of pyridine rings is 1. The summed E-state index contributed by atoms with van der Waals surface area (Å²) >= 11 is 3.24. The maximum absolute atomic E-state index is 13.2. The average Bonchev–Trinajstić information content (AvgIpc) is 2.74. The van der Waals surface area contributed by atoms with Gasteiger partial charge in [-0.2, -0.15) is 13.2 Å². The summed E-state index contributed by atoms with van der Waals surface area (Å²) in [6, 6.07) is 9.59. The maximum Gasteiger partial charge on any atom is 0.416 e. The van der Waals surface area contributed by atoms with E-state index in [-0.39, 0.29) is 40.7 Å². The number of hydrogen-bond acceptors (Lipinski definition) is 5. The summed E-state index contributed by atoms with van der Waals surface area (Å²) < 4.78 is 44.4. The number of aromatic nitrogens is 1. The number of nitrogens with zero attached hydrogens (tertiary/aromatic N) is 1. The molecule has 9 heteroatoms. The number of hydrogen-bond donors (Lipinski definition) is 1. The fraction of sp³-hybridized carbons (Fsp3) is 0.227. The summed E-state index contributed by atoms with van der Waals surface area (Å²) in [5.41, 5.74) is -0.223. The largest absolute Gasteiger partial charge is 0.504 e. The third-order valence-corrected chi connectivity index (χ3v) is 5.36. The van der Waals surface area contributed by atoms with E-state index in [1.54, 1.807) is 25.1 Å². The summed E-state index contributed by atoms with van der Waals surface area (Å²) in [6.07, 6.45) is -4.93. The van der Waals surface area contributed by atoms with Crippen molar-refractivity contribution in [2.45, 2.75) is 25.9 Å². The second kappa shape index (κ2) is 9.05. The van der Waals surface area contributed by atoms with E-state index >= 15 is 0 Å². The molecular formula is C22H17BrF3NO4. The minimum absolute atomic E-state index is 0.179. The van der Waals surface area contributed by atoms with Crippen molar-refractivity contribution in [3.8, 4) is 16.9 Å². The number of ether oxygens (including phenoxy) is 1. The zero-order valence-corrected chi connectivity index (χ0v) is 17.9. The van der Waals surface area contributed by atoms with E-state index in [1.807, 2.05) is 0 Å². The van der Waals surface area contributed by atoms with Crippen LogP contribution in [-0.4, -0.2) is 28.4 Å². The van der Waals surface area contributed by atoms with Gasteiger partial charge in [0.1, 0.15) is 5.69 Å². The van der Waals surface area contributed by atoms with Gasteiger partial charge in [0.15, 0.2) is 11.5 Å². The molecule has 0 radical (unpaired) electrons. The van der Waals surface area contributed by atoms with Crippen LogP contribution in [0, 0.1) is 0 Å². The van der Waals surface area contributed by atoms with Crippen LogP contribution >= 0.6 is 15.9 Å². The molecule has 0 atom stereocenters. The predicted molar refractivity (Wildman–Crippen MR) is 112 cm³/mol. The van der Waals surface area contributed by atoms with E-state index in [0.29, 0.717) is 10.9 Å². The third kappa shape index (κ3) is 4.87. The van der Waals surface area contributed by atoms with Gasteiger partial charge in [0.05, 0.1) is 28.6 Å². The zero-order chi connectivity index (χ0) is 22.8. The highest BCUT2D eigenvalue weighted by Gasteiger charge is 2.30. The minimum Gasteiger partial charge on any atom is -0.504 e. The number of benzene rings is 2. The number of esters is 1. The average molecular weight is 496 g/mol. The molecule has 3 rings (SSSR count). The van der Waals surface area contributed by atoms with Crippen LogP contribution in [-0.2, 0) is 15.7 Å². The van der Waals surface area contributed by atoms with Gasteiger partial charge in [-0.3, -0.25) is 9.59 Å². The molecule has 1 heterocycles. The van der Waals surface area contributed by atoms with Gasteiger partial charge in [-0.15, -0.1) is 0 Å². The van der Waals surface area contributed by atoms with Crippen LogP contribution < -0.4 is 0 Å². The van der Waals surface area contributed by atoms with Gasteiger partial charge in [-0.25, -0.2) is 4.98 Å². The van der Waals surface area contributed by atoms with Crippen molar-refractivity contribution in [3.05, 3.63) is 58.2 Å². The number of Topliss-reactive ketones (excluding diaryl/α,β-unsaturated/α-hetero) is 1. The summed E-state index contributed by atoms with van der Waals surface area (Å²) in [5.74, 6) is -1.55. The van der Waals surface area contributed by atoms with Crippen molar-refractivity contribution in [2.75, 3.05) is 6.61 Å². The third-order valence-electron chi connectivity index (χ3n) is 4.55. The second-order valence-corrected chi connectivity index (χ2v) is 7.42. The van der Waals surface area contributed by atoms with E-state index in [4.69, 9.17) is 4.74 Å². The van der Waals surface area contributed by atoms with Crippen molar-refractivity contribution in [1.29, 1.82) is 0 Å². The monoisotopic (exact) mass is 495 g/mol. The molecule has 1 aromatic heterocycles. The smallest absolute Gasteiger partial charge is 0.416 e. The highest BCUT2D eigenvalue weighted by molar-refractivity contribution is 9.10. The van der Waals surface area contributed by atoms with Gasteiger partial charge in [0.25, 0.3) is 0 Å². The maximum atomic E-state index is 13.2. The Morgan fingerprint density at radius 1 is 1.13 bits per heavy atom. The highest BCUT2D eigenvalue weighted by atomic mass is 79.9. The van der Waals surface area contributed by atoms with Crippen molar-refractivity contribution in [1.82, 2.24) is 4.98 Å². The Labute approximate surface area is 184 Å². The molecule has 162 valence electrons. The molecule has 2 aromatic carbocycles. The second-order valence-electron chi connectivity index (χ2n) is 6.63. The topological polar surface area (TPSA) is 76.5 Å². The number of fused-ring (bicyclic) bond motifs is 1.